The van der Waals surface area contributed by atoms with Crippen molar-refractivity contribution in [3.05, 3.63) is 29.8 Å². The van der Waals surface area contributed by atoms with E-state index in [-0.39, 0.29) is 6.42 Å². The maximum atomic E-state index is 12.8. The molecule has 3 amide bonds. The summed E-state index contributed by atoms with van der Waals surface area (Å²) in [6, 6.07) is 7.04. The van der Waals surface area contributed by atoms with E-state index in [9.17, 15) is 14.4 Å². The van der Waals surface area contributed by atoms with Crippen LogP contribution >= 0.6 is 0 Å². The molecule has 0 saturated carbocycles. The van der Waals surface area contributed by atoms with Gasteiger partial charge in [0, 0.05) is 13.0 Å². The molecule has 1 atom stereocenters. The summed E-state index contributed by atoms with van der Waals surface area (Å²) in [5.41, 5.74) is 5.24. The highest BCUT2D eigenvalue weighted by atomic mass is 16.6. The van der Waals surface area contributed by atoms with E-state index in [0.717, 1.165) is 0 Å². The number of nitrogens with two attached hydrogens (primary N) is 1. The number of hydrogen-bond donors (Lipinski definition) is 1. The monoisotopic (exact) mass is 436 g/mol. The van der Waals surface area contributed by atoms with Crippen LogP contribution in [0.3, 0.4) is 0 Å². The van der Waals surface area contributed by atoms with Gasteiger partial charge in [-0.15, -0.1) is 0 Å². The molecule has 1 aromatic carbocycles. The van der Waals surface area contributed by atoms with Crippen LogP contribution in [0.1, 0.15) is 45.1 Å². The van der Waals surface area contributed by atoms with E-state index in [2.05, 4.69) is 0 Å². The number of benzene rings is 1. The zero-order valence-corrected chi connectivity index (χ0v) is 18.4. The van der Waals surface area contributed by atoms with Gasteiger partial charge in [-0.3, -0.25) is 9.59 Å². The van der Waals surface area contributed by atoms with Crippen molar-refractivity contribution < 1.29 is 33.3 Å². The first-order valence-corrected chi connectivity index (χ1v) is 10.4. The molecule has 9 nitrogen and oxygen atoms in total. The Hall–Kier alpha value is -2.49. The summed E-state index contributed by atoms with van der Waals surface area (Å²) in [5, 5.41) is 0. The molecule has 1 fully saturated rings. The molecule has 2 rings (SSSR count). The SMILES string of the molecule is CC(C)(C)OC(=O)N1C(=O)CCC(c2ccc(OCCOCCOCCN)cc2)C1=O. The molecule has 0 aliphatic carbocycles. The Morgan fingerprint density at radius 1 is 1.03 bits per heavy atom. The maximum absolute atomic E-state index is 12.8. The van der Waals surface area contributed by atoms with Crippen LogP contribution in [0.2, 0.25) is 0 Å². The van der Waals surface area contributed by atoms with E-state index in [1.807, 2.05) is 0 Å². The topological polar surface area (TPSA) is 117 Å². The van der Waals surface area contributed by atoms with Gasteiger partial charge in [0.1, 0.15) is 18.0 Å². The standard InChI is InChI=1S/C22H32N2O7/c1-22(2,3)31-21(27)24-19(25)9-8-18(20(24)26)16-4-6-17(7-5-16)30-15-14-29-13-12-28-11-10-23/h4-7,18H,8-15,23H2,1-3H3. The summed E-state index contributed by atoms with van der Waals surface area (Å²) >= 11 is 0. The van der Waals surface area contributed by atoms with Crippen LogP contribution < -0.4 is 10.5 Å². The Bertz CT molecular complexity index is 743. The predicted octanol–water partition coefficient (Wildman–Crippen LogP) is 2.22. The van der Waals surface area contributed by atoms with Crippen LogP contribution in [0, 0.1) is 0 Å². The number of hydrogen-bond acceptors (Lipinski definition) is 8. The van der Waals surface area contributed by atoms with Gasteiger partial charge in [-0.2, -0.15) is 4.90 Å². The highest BCUT2D eigenvalue weighted by molar-refractivity contribution is 6.12. The Labute approximate surface area is 182 Å². The minimum atomic E-state index is -0.930. The number of nitrogens with zero attached hydrogens (tertiary/aromatic N) is 1. The lowest BCUT2D eigenvalue weighted by Crippen LogP contribution is -2.49. The molecule has 1 aliphatic rings. The first-order valence-electron chi connectivity index (χ1n) is 10.4. The van der Waals surface area contributed by atoms with E-state index >= 15 is 0 Å². The van der Waals surface area contributed by atoms with E-state index < -0.39 is 29.4 Å². The number of rotatable bonds is 10. The van der Waals surface area contributed by atoms with Crippen molar-refractivity contribution in [2.45, 2.75) is 45.1 Å². The fourth-order valence-corrected chi connectivity index (χ4v) is 3.01. The fourth-order valence-electron chi connectivity index (χ4n) is 3.01. The minimum absolute atomic E-state index is 0.0975. The smallest absolute Gasteiger partial charge is 0.424 e. The largest absolute Gasteiger partial charge is 0.491 e. The summed E-state index contributed by atoms with van der Waals surface area (Å²) in [6.45, 7) is 7.80. The minimum Gasteiger partial charge on any atom is -0.491 e. The molecule has 1 aliphatic heterocycles. The van der Waals surface area contributed by atoms with Crippen molar-refractivity contribution in [1.82, 2.24) is 4.90 Å². The van der Waals surface area contributed by atoms with E-state index in [1.54, 1.807) is 45.0 Å². The highest BCUT2D eigenvalue weighted by Crippen LogP contribution is 2.31. The molecule has 0 spiro atoms. The van der Waals surface area contributed by atoms with Gasteiger partial charge in [0.05, 0.1) is 32.3 Å². The number of carbonyl (C=O) groups excluding carboxylic acids is 3. The zero-order chi connectivity index (χ0) is 22.9. The molecule has 31 heavy (non-hydrogen) atoms. The summed E-state index contributed by atoms with van der Waals surface area (Å²) < 4.78 is 21.4. The second-order valence-electron chi connectivity index (χ2n) is 8.07. The molecular formula is C22H32N2O7. The van der Waals surface area contributed by atoms with Crippen molar-refractivity contribution in [2.24, 2.45) is 5.73 Å². The number of carbonyl (C=O) groups is 3. The summed E-state index contributed by atoms with van der Waals surface area (Å²) in [6.07, 6.45) is -0.488. The Balaban J connectivity index is 1.86. The Morgan fingerprint density at radius 2 is 1.65 bits per heavy atom. The lowest BCUT2D eigenvalue weighted by molar-refractivity contribution is -0.147. The Kier molecular flexibility index (Phi) is 9.42. The van der Waals surface area contributed by atoms with Gasteiger partial charge >= 0.3 is 6.09 Å². The third-order valence-electron chi connectivity index (χ3n) is 4.40. The van der Waals surface area contributed by atoms with Crippen LogP contribution in [0.25, 0.3) is 0 Å². The molecule has 0 radical (unpaired) electrons. The van der Waals surface area contributed by atoms with Gasteiger partial charge in [0.25, 0.3) is 0 Å². The first-order chi connectivity index (χ1) is 14.7. The second kappa shape index (κ2) is 11.8. The van der Waals surface area contributed by atoms with Gasteiger partial charge in [0.15, 0.2) is 0 Å². The average Bonchev–Trinajstić information content (AvgIpc) is 2.69. The molecule has 0 aromatic heterocycles. The Morgan fingerprint density at radius 3 is 2.26 bits per heavy atom. The number of imide groups is 3. The summed E-state index contributed by atoms with van der Waals surface area (Å²) in [7, 11) is 0. The van der Waals surface area contributed by atoms with E-state index in [1.165, 1.54) is 0 Å². The van der Waals surface area contributed by atoms with Crippen LogP contribution in [0.15, 0.2) is 24.3 Å². The van der Waals surface area contributed by atoms with Crippen molar-refractivity contribution >= 4 is 17.9 Å². The summed E-state index contributed by atoms with van der Waals surface area (Å²) in [5.74, 6) is -1.06. The van der Waals surface area contributed by atoms with Crippen molar-refractivity contribution in [3.63, 3.8) is 0 Å². The third-order valence-corrected chi connectivity index (χ3v) is 4.40. The number of piperidine rings is 1. The fraction of sp³-hybridized carbons (Fsp3) is 0.591. The first kappa shape index (κ1) is 24.8. The number of likely N-dealkylation sites (tertiary alicyclic amines) is 1. The van der Waals surface area contributed by atoms with Crippen molar-refractivity contribution in [3.8, 4) is 5.75 Å². The normalized spacial score (nSPS) is 17.0. The van der Waals surface area contributed by atoms with Gasteiger partial charge in [0.2, 0.25) is 11.8 Å². The second-order valence-corrected chi connectivity index (χ2v) is 8.07. The van der Waals surface area contributed by atoms with Gasteiger partial charge in [-0.25, -0.2) is 4.79 Å². The zero-order valence-electron chi connectivity index (χ0n) is 18.4. The van der Waals surface area contributed by atoms with Gasteiger partial charge in [-0.05, 0) is 44.9 Å². The molecule has 1 aromatic rings. The molecular weight excluding hydrogens is 404 g/mol. The molecule has 1 unspecified atom stereocenters. The van der Waals surface area contributed by atoms with Crippen LogP contribution in [0.5, 0.6) is 5.75 Å². The van der Waals surface area contributed by atoms with E-state index in [4.69, 9.17) is 24.7 Å². The molecule has 2 N–H and O–H groups in total. The average molecular weight is 437 g/mol. The number of amides is 3. The molecule has 9 heteroatoms. The van der Waals surface area contributed by atoms with Gasteiger partial charge in [-0.1, -0.05) is 12.1 Å². The highest BCUT2D eigenvalue weighted by Gasteiger charge is 2.41. The maximum Gasteiger partial charge on any atom is 0.424 e. The molecule has 172 valence electrons. The summed E-state index contributed by atoms with van der Waals surface area (Å²) in [4.78, 5) is 37.9. The lowest BCUT2D eigenvalue weighted by Gasteiger charge is -2.31. The predicted molar refractivity (Wildman–Crippen MR) is 113 cm³/mol. The molecule has 1 saturated heterocycles. The van der Waals surface area contributed by atoms with Crippen molar-refractivity contribution in [1.29, 1.82) is 0 Å². The van der Waals surface area contributed by atoms with E-state index in [0.29, 0.717) is 62.2 Å². The quantitative estimate of drug-likeness (QED) is 0.438. The van der Waals surface area contributed by atoms with Crippen LogP contribution in [-0.2, 0) is 23.8 Å². The van der Waals surface area contributed by atoms with Gasteiger partial charge < -0.3 is 24.7 Å². The van der Waals surface area contributed by atoms with Crippen LogP contribution in [-0.4, -0.2) is 68.0 Å². The molecule has 0 bridgehead atoms. The third kappa shape index (κ3) is 7.93. The molecule has 1 heterocycles. The van der Waals surface area contributed by atoms with Crippen LogP contribution in [0.4, 0.5) is 4.79 Å². The number of ether oxygens (including phenoxy) is 4. The van der Waals surface area contributed by atoms with Crippen molar-refractivity contribution in [2.75, 3.05) is 39.6 Å². The lowest BCUT2D eigenvalue weighted by atomic mass is 9.89.